The minimum absolute atomic E-state index is 0.0534. The Morgan fingerprint density at radius 1 is 1.33 bits per heavy atom. The van der Waals surface area contributed by atoms with Crippen LogP contribution in [0.5, 0.6) is 5.75 Å². The lowest BCUT2D eigenvalue weighted by atomic mass is 9.87. The Bertz CT molecular complexity index is 510. The van der Waals surface area contributed by atoms with E-state index in [-0.39, 0.29) is 5.78 Å². The summed E-state index contributed by atoms with van der Waals surface area (Å²) in [5, 5.41) is 9.39. The topological polar surface area (TPSA) is 50.1 Å². The second kappa shape index (κ2) is 7.83. The van der Waals surface area contributed by atoms with Crippen molar-refractivity contribution >= 4 is 5.78 Å². The molecule has 2 rings (SSSR count). The molecule has 0 aliphatic heterocycles. The van der Waals surface area contributed by atoms with Gasteiger partial charge in [0.1, 0.15) is 11.7 Å². The van der Waals surface area contributed by atoms with Crippen molar-refractivity contribution in [2.75, 3.05) is 7.11 Å². The fraction of sp³-hybridized carbons (Fsp3) is 0.556. The van der Waals surface area contributed by atoms with Crippen molar-refractivity contribution in [3.63, 3.8) is 0 Å². The van der Waals surface area contributed by atoms with Crippen LogP contribution < -0.4 is 4.74 Å². The van der Waals surface area contributed by atoms with Gasteiger partial charge in [0, 0.05) is 6.42 Å². The van der Waals surface area contributed by atoms with Crippen LogP contribution in [0.4, 0.5) is 0 Å². The molecule has 3 heteroatoms. The van der Waals surface area contributed by atoms with E-state index in [0.29, 0.717) is 18.1 Å². The maximum absolute atomic E-state index is 12.5. The Balaban J connectivity index is 2.05. The van der Waals surface area contributed by atoms with Crippen molar-refractivity contribution in [2.45, 2.75) is 50.9 Å². The number of ether oxygens (including phenoxy) is 1. The van der Waals surface area contributed by atoms with Gasteiger partial charge in [0.25, 0.3) is 0 Å². The van der Waals surface area contributed by atoms with E-state index in [4.69, 9.17) is 4.74 Å². The van der Waals surface area contributed by atoms with Crippen LogP contribution in [0.25, 0.3) is 0 Å². The highest BCUT2D eigenvalue weighted by molar-refractivity contribution is 5.88. The first-order valence-electron chi connectivity index (χ1n) is 7.81. The number of nitriles is 1. The highest BCUT2D eigenvalue weighted by Crippen LogP contribution is 2.29. The van der Waals surface area contributed by atoms with Crippen LogP contribution in [0, 0.1) is 17.2 Å². The summed E-state index contributed by atoms with van der Waals surface area (Å²) in [6, 6.07) is 9.45. The summed E-state index contributed by atoms with van der Waals surface area (Å²) < 4.78 is 5.18. The molecular formula is C18H23NO2. The molecule has 1 unspecified atom stereocenters. The van der Waals surface area contributed by atoms with Crippen molar-refractivity contribution in [3.8, 4) is 11.8 Å². The first kappa shape index (κ1) is 15.6. The third-order valence-corrected chi connectivity index (χ3v) is 4.34. The molecule has 0 saturated heterocycles. The van der Waals surface area contributed by atoms with Crippen LogP contribution in [0.15, 0.2) is 24.3 Å². The SMILES string of the molecule is COc1cccc(C(C#N)C(=O)CC2CCCCCC2)c1. The second-order valence-electron chi connectivity index (χ2n) is 5.87. The third-order valence-electron chi connectivity index (χ3n) is 4.34. The van der Waals surface area contributed by atoms with Gasteiger partial charge in [0.2, 0.25) is 0 Å². The molecule has 0 amide bonds. The monoisotopic (exact) mass is 285 g/mol. The molecule has 3 nitrogen and oxygen atoms in total. The van der Waals surface area contributed by atoms with Crippen molar-refractivity contribution in [1.82, 2.24) is 0 Å². The van der Waals surface area contributed by atoms with E-state index >= 15 is 0 Å². The van der Waals surface area contributed by atoms with E-state index in [1.54, 1.807) is 13.2 Å². The van der Waals surface area contributed by atoms with Gasteiger partial charge in [0.15, 0.2) is 5.78 Å². The summed E-state index contributed by atoms with van der Waals surface area (Å²) >= 11 is 0. The number of ketones is 1. The Morgan fingerprint density at radius 2 is 2.05 bits per heavy atom. The highest BCUT2D eigenvalue weighted by atomic mass is 16.5. The molecule has 0 radical (unpaired) electrons. The van der Waals surface area contributed by atoms with E-state index in [1.807, 2.05) is 18.2 Å². The summed E-state index contributed by atoms with van der Waals surface area (Å²) in [7, 11) is 1.59. The maximum atomic E-state index is 12.5. The molecule has 21 heavy (non-hydrogen) atoms. The number of carbonyl (C=O) groups is 1. The van der Waals surface area contributed by atoms with Crippen LogP contribution in [0.2, 0.25) is 0 Å². The quantitative estimate of drug-likeness (QED) is 0.761. The Morgan fingerprint density at radius 3 is 2.67 bits per heavy atom. The van der Waals surface area contributed by atoms with Gasteiger partial charge < -0.3 is 4.74 Å². The fourth-order valence-electron chi connectivity index (χ4n) is 3.12. The molecule has 1 aliphatic carbocycles. The molecule has 1 atom stereocenters. The zero-order valence-electron chi connectivity index (χ0n) is 12.7. The average Bonchev–Trinajstić information content (AvgIpc) is 2.77. The summed E-state index contributed by atoms with van der Waals surface area (Å²) in [6.07, 6.45) is 7.78. The molecule has 1 aromatic carbocycles. The van der Waals surface area contributed by atoms with Crippen molar-refractivity contribution in [1.29, 1.82) is 5.26 Å². The molecule has 0 aromatic heterocycles. The number of benzene rings is 1. The lowest BCUT2D eigenvalue weighted by molar-refractivity contribution is -0.120. The second-order valence-corrected chi connectivity index (χ2v) is 5.87. The van der Waals surface area contributed by atoms with Gasteiger partial charge in [-0.15, -0.1) is 0 Å². The molecule has 0 heterocycles. The van der Waals surface area contributed by atoms with Gasteiger partial charge in [-0.05, 0) is 23.6 Å². The van der Waals surface area contributed by atoms with E-state index in [2.05, 4.69) is 6.07 Å². The Labute approximate surface area is 126 Å². The van der Waals surface area contributed by atoms with E-state index in [1.165, 1.54) is 25.7 Å². The zero-order chi connectivity index (χ0) is 15.1. The van der Waals surface area contributed by atoms with Gasteiger partial charge in [-0.25, -0.2) is 0 Å². The molecule has 1 aliphatic rings. The molecule has 0 spiro atoms. The van der Waals surface area contributed by atoms with Gasteiger partial charge >= 0.3 is 0 Å². The maximum Gasteiger partial charge on any atom is 0.154 e. The third kappa shape index (κ3) is 4.32. The number of rotatable bonds is 5. The number of hydrogen-bond donors (Lipinski definition) is 0. The summed E-state index contributed by atoms with van der Waals surface area (Å²) in [5.41, 5.74) is 0.746. The molecular weight excluding hydrogens is 262 g/mol. The van der Waals surface area contributed by atoms with Gasteiger partial charge in [0.05, 0.1) is 13.2 Å². The minimum Gasteiger partial charge on any atom is -0.497 e. The largest absolute Gasteiger partial charge is 0.497 e. The first-order chi connectivity index (χ1) is 10.2. The molecule has 1 saturated carbocycles. The average molecular weight is 285 g/mol. The standard InChI is InChI=1S/C18H23NO2/c1-21-16-10-6-9-15(12-16)17(13-19)18(20)11-14-7-4-2-3-5-8-14/h6,9-10,12,14,17H,2-5,7-8,11H2,1H3. The fourth-order valence-corrected chi connectivity index (χ4v) is 3.12. The highest BCUT2D eigenvalue weighted by Gasteiger charge is 2.24. The number of carbonyl (C=O) groups excluding carboxylic acids is 1. The zero-order valence-corrected chi connectivity index (χ0v) is 12.7. The van der Waals surface area contributed by atoms with Crippen molar-refractivity contribution in [3.05, 3.63) is 29.8 Å². The molecule has 1 fully saturated rings. The summed E-state index contributed by atoms with van der Waals surface area (Å²) in [6.45, 7) is 0. The summed E-state index contributed by atoms with van der Waals surface area (Å²) in [5.74, 6) is 0.539. The van der Waals surface area contributed by atoms with Gasteiger partial charge in [-0.3, -0.25) is 4.79 Å². The van der Waals surface area contributed by atoms with Crippen molar-refractivity contribution in [2.24, 2.45) is 5.92 Å². The number of nitrogens with zero attached hydrogens (tertiary/aromatic N) is 1. The van der Waals surface area contributed by atoms with Crippen LogP contribution >= 0.6 is 0 Å². The predicted molar refractivity (Wildman–Crippen MR) is 82.2 cm³/mol. The van der Waals surface area contributed by atoms with Crippen LogP contribution in [0.1, 0.15) is 56.4 Å². The lowest BCUT2D eigenvalue weighted by Gasteiger charge is -2.16. The van der Waals surface area contributed by atoms with Crippen LogP contribution in [0.3, 0.4) is 0 Å². The van der Waals surface area contributed by atoms with E-state index < -0.39 is 5.92 Å². The Hall–Kier alpha value is -1.82. The normalized spacial score (nSPS) is 17.5. The summed E-state index contributed by atoms with van der Waals surface area (Å²) in [4.78, 5) is 12.5. The Kier molecular flexibility index (Phi) is 5.80. The number of Topliss-reactive ketones (excluding diaryl/α,β-unsaturated/α-hetero) is 1. The van der Waals surface area contributed by atoms with Crippen LogP contribution in [-0.2, 0) is 4.79 Å². The number of methoxy groups -OCH3 is 1. The van der Waals surface area contributed by atoms with Crippen LogP contribution in [-0.4, -0.2) is 12.9 Å². The van der Waals surface area contributed by atoms with E-state index in [9.17, 15) is 10.1 Å². The van der Waals surface area contributed by atoms with Gasteiger partial charge in [-0.2, -0.15) is 5.26 Å². The number of hydrogen-bond acceptors (Lipinski definition) is 3. The predicted octanol–water partition coefficient (Wildman–Crippen LogP) is 4.23. The lowest BCUT2D eigenvalue weighted by Crippen LogP contribution is -2.15. The smallest absolute Gasteiger partial charge is 0.154 e. The molecule has 0 bridgehead atoms. The minimum atomic E-state index is -0.664. The molecule has 1 aromatic rings. The van der Waals surface area contributed by atoms with Gasteiger partial charge in [-0.1, -0.05) is 50.7 Å². The molecule has 112 valence electrons. The first-order valence-corrected chi connectivity index (χ1v) is 7.81. The molecule has 0 N–H and O–H groups in total. The van der Waals surface area contributed by atoms with E-state index in [0.717, 1.165) is 18.4 Å². The van der Waals surface area contributed by atoms with Crippen molar-refractivity contribution < 1.29 is 9.53 Å².